The summed E-state index contributed by atoms with van der Waals surface area (Å²) in [4.78, 5) is 14.2. The van der Waals surface area contributed by atoms with E-state index in [4.69, 9.17) is 0 Å². The highest BCUT2D eigenvalue weighted by Crippen LogP contribution is 2.32. The zero-order valence-electron chi connectivity index (χ0n) is 15.0. The normalized spacial score (nSPS) is 11.3. The molecule has 0 bridgehead atoms. The third kappa shape index (κ3) is 3.69. The second-order valence-corrected chi connectivity index (χ2v) is 6.51. The van der Waals surface area contributed by atoms with Gasteiger partial charge in [0.2, 0.25) is 0 Å². The molecule has 0 aliphatic carbocycles. The van der Waals surface area contributed by atoms with Gasteiger partial charge in [0.05, 0.1) is 0 Å². The highest BCUT2D eigenvalue weighted by Gasteiger charge is 2.20. The molecule has 0 aliphatic rings. The van der Waals surface area contributed by atoms with Gasteiger partial charge in [-0.25, -0.2) is 0 Å². The van der Waals surface area contributed by atoms with Crippen molar-refractivity contribution in [3.05, 3.63) is 57.3 Å². The molecular formula is C20H22BrN3O. The number of rotatable bonds is 5. The molecule has 0 spiro atoms. The fourth-order valence-corrected chi connectivity index (χ4v) is 3.50. The van der Waals surface area contributed by atoms with E-state index in [1.54, 1.807) is 11.0 Å². The predicted molar refractivity (Wildman–Crippen MR) is 104 cm³/mol. The zero-order valence-corrected chi connectivity index (χ0v) is 16.6. The topological polar surface area (TPSA) is 49.0 Å². The lowest BCUT2D eigenvalue weighted by atomic mass is 10.1. The predicted octanol–water partition coefficient (Wildman–Crippen LogP) is 4.63. The first-order valence-corrected chi connectivity index (χ1v) is 9.09. The van der Waals surface area contributed by atoms with Crippen LogP contribution in [0.25, 0.3) is 11.8 Å². The summed E-state index contributed by atoms with van der Waals surface area (Å²) >= 11 is 3.63. The number of amides is 1. The minimum Gasteiger partial charge on any atom is -0.339 e. The number of carbonyl (C=O) groups is 1. The summed E-state index contributed by atoms with van der Waals surface area (Å²) in [5.41, 5.74) is 4.07. The van der Waals surface area contributed by atoms with Crippen molar-refractivity contribution in [1.82, 2.24) is 9.47 Å². The Morgan fingerprint density at radius 3 is 2.32 bits per heavy atom. The molecule has 0 unspecified atom stereocenters. The summed E-state index contributed by atoms with van der Waals surface area (Å²) in [6, 6.07) is 12.1. The van der Waals surface area contributed by atoms with Crippen molar-refractivity contribution in [3.63, 3.8) is 0 Å². The molecular weight excluding hydrogens is 378 g/mol. The third-order valence-electron chi connectivity index (χ3n) is 4.32. The SMILES string of the molecule is CCN(CC)C(=O)/C(C#N)=C\c1c(Br)c(C)n(-c2ccccc2)c1C. The minimum atomic E-state index is -0.232. The van der Waals surface area contributed by atoms with Gasteiger partial charge in [-0.3, -0.25) is 4.79 Å². The molecule has 1 aromatic carbocycles. The number of benzene rings is 1. The van der Waals surface area contributed by atoms with Crippen LogP contribution in [0.4, 0.5) is 0 Å². The Bertz CT molecular complexity index is 840. The van der Waals surface area contributed by atoms with Crippen LogP contribution < -0.4 is 0 Å². The molecule has 0 N–H and O–H groups in total. The van der Waals surface area contributed by atoms with Crippen molar-refractivity contribution >= 4 is 27.9 Å². The molecule has 0 fully saturated rings. The Kier molecular flexibility index (Phi) is 6.22. The Hall–Kier alpha value is -2.32. The molecule has 1 aromatic heterocycles. The number of carbonyl (C=O) groups excluding carboxylic acids is 1. The number of nitrogens with zero attached hydrogens (tertiary/aromatic N) is 3. The van der Waals surface area contributed by atoms with Crippen LogP contribution >= 0.6 is 15.9 Å². The maximum absolute atomic E-state index is 12.5. The average Bonchev–Trinajstić information content (AvgIpc) is 2.84. The highest BCUT2D eigenvalue weighted by atomic mass is 79.9. The van der Waals surface area contributed by atoms with E-state index in [-0.39, 0.29) is 11.5 Å². The number of aromatic nitrogens is 1. The number of likely N-dealkylation sites (N-methyl/N-ethyl adjacent to an activating group) is 1. The second-order valence-electron chi connectivity index (χ2n) is 5.72. The van der Waals surface area contributed by atoms with Crippen LogP contribution in [0.1, 0.15) is 30.8 Å². The van der Waals surface area contributed by atoms with E-state index in [0.717, 1.165) is 27.1 Å². The van der Waals surface area contributed by atoms with E-state index in [1.807, 2.05) is 58.0 Å². The van der Waals surface area contributed by atoms with Gasteiger partial charge >= 0.3 is 0 Å². The van der Waals surface area contributed by atoms with E-state index in [2.05, 4.69) is 26.6 Å². The lowest BCUT2D eigenvalue weighted by Gasteiger charge is -2.17. The number of hydrogen-bond acceptors (Lipinski definition) is 2. The van der Waals surface area contributed by atoms with E-state index in [9.17, 15) is 10.1 Å². The Morgan fingerprint density at radius 2 is 1.80 bits per heavy atom. The number of hydrogen-bond donors (Lipinski definition) is 0. The minimum absolute atomic E-state index is 0.151. The van der Waals surface area contributed by atoms with Crippen LogP contribution in [0.3, 0.4) is 0 Å². The Balaban J connectivity index is 2.57. The Morgan fingerprint density at radius 1 is 1.20 bits per heavy atom. The van der Waals surface area contributed by atoms with Crippen molar-refractivity contribution in [2.75, 3.05) is 13.1 Å². The van der Waals surface area contributed by atoms with Crippen LogP contribution in [0.5, 0.6) is 0 Å². The van der Waals surface area contributed by atoms with Crippen LogP contribution in [0.2, 0.25) is 0 Å². The zero-order chi connectivity index (χ0) is 18.6. The van der Waals surface area contributed by atoms with Gasteiger partial charge in [-0.15, -0.1) is 0 Å². The molecule has 2 aromatic rings. The van der Waals surface area contributed by atoms with Gasteiger partial charge < -0.3 is 9.47 Å². The smallest absolute Gasteiger partial charge is 0.264 e. The molecule has 25 heavy (non-hydrogen) atoms. The molecule has 0 aliphatic heterocycles. The van der Waals surface area contributed by atoms with Crippen molar-refractivity contribution in [3.8, 4) is 11.8 Å². The highest BCUT2D eigenvalue weighted by molar-refractivity contribution is 9.10. The fourth-order valence-electron chi connectivity index (χ4n) is 2.92. The van der Waals surface area contributed by atoms with Crippen LogP contribution in [-0.2, 0) is 4.79 Å². The van der Waals surface area contributed by atoms with Gasteiger partial charge in [0, 0.05) is 40.2 Å². The lowest BCUT2D eigenvalue weighted by molar-refractivity contribution is -0.126. The van der Waals surface area contributed by atoms with Crippen LogP contribution in [0.15, 0.2) is 40.4 Å². The van der Waals surface area contributed by atoms with E-state index >= 15 is 0 Å². The quantitative estimate of drug-likeness (QED) is 0.543. The maximum atomic E-state index is 12.5. The second kappa shape index (κ2) is 8.17. The van der Waals surface area contributed by atoms with Crippen molar-refractivity contribution in [2.24, 2.45) is 0 Å². The van der Waals surface area contributed by atoms with E-state index in [0.29, 0.717) is 13.1 Å². The number of para-hydroxylation sites is 1. The molecule has 1 heterocycles. The van der Waals surface area contributed by atoms with Gasteiger partial charge in [-0.2, -0.15) is 5.26 Å². The number of halogens is 1. The van der Waals surface area contributed by atoms with E-state index < -0.39 is 0 Å². The summed E-state index contributed by atoms with van der Waals surface area (Å²) in [6.45, 7) is 8.99. The van der Waals surface area contributed by atoms with Gasteiger partial charge in [0.25, 0.3) is 5.91 Å². The Labute approximate surface area is 157 Å². The van der Waals surface area contributed by atoms with Gasteiger partial charge in [0.15, 0.2) is 0 Å². The summed E-state index contributed by atoms with van der Waals surface area (Å²) in [6.07, 6.45) is 1.69. The van der Waals surface area contributed by atoms with Gasteiger partial charge in [0.1, 0.15) is 11.6 Å². The number of nitriles is 1. The van der Waals surface area contributed by atoms with Crippen molar-refractivity contribution in [1.29, 1.82) is 5.26 Å². The average molecular weight is 400 g/mol. The standard InChI is InChI=1S/C20H22BrN3O/c1-5-23(6-2)20(25)16(13-22)12-18-14(3)24(15(4)19(18)21)17-10-8-7-9-11-17/h7-12H,5-6H2,1-4H3/b16-12-. The summed E-state index contributed by atoms with van der Waals surface area (Å²) in [5, 5.41) is 9.48. The molecule has 0 atom stereocenters. The summed E-state index contributed by atoms with van der Waals surface area (Å²) < 4.78 is 3.02. The fraction of sp³-hybridized carbons (Fsp3) is 0.300. The van der Waals surface area contributed by atoms with Crippen molar-refractivity contribution in [2.45, 2.75) is 27.7 Å². The maximum Gasteiger partial charge on any atom is 0.264 e. The monoisotopic (exact) mass is 399 g/mol. The molecule has 130 valence electrons. The molecule has 0 saturated heterocycles. The first-order chi connectivity index (χ1) is 12.0. The first kappa shape index (κ1) is 19.0. The molecule has 1 amide bonds. The van der Waals surface area contributed by atoms with E-state index in [1.165, 1.54) is 0 Å². The molecule has 4 nitrogen and oxygen atoms in total. The lowest BCUT2D eigenvalue weighted by Crippen LogP contribution is -2.31. The van der Waals surface area contributed by atoms with Crippen LogP contribution in [-0.4, -0.2) is 28.5 Å². The molecule has 0 radical (unpaired) electrons. The van der Waals surface area contributed by atoms with Crippen LogP contribution in [0, 0.1) is 25.2 Å². The largest absolute Gasteiger partial charge is 0.339 e. The van der Waals surface area contributed by atoms with Crippen molar-refractivity contribution < 1.29 is 4.79 Å². The molecule has 5 heteroatoms. The molecule has 2 rings (SSSR count). The molecule has 0 saturated carbocycles. The van der Waals surface area contributed by atoms with Gasteiger partial charge in [-0.1, -0.05) is 18.2 Å². The third-order valence-corrected chi connectivity index (χ3v) is 5.32. The first-order valence-electron chi connectivity index (χ1n) is 8.30. The summed E-state index contributed by atoms with van der Waals surface area (Å²) in [5.74, 6) is -0.232. The van der Waals surface area contributed by atoms with Gasteiger partial charge in [-0.05, 0) is 61.8 Å². The summed E-state index contributed by atoms with van der Waals surface area (Å²) in [7, 11) is 0.